The van der Waals surface area contributed by atoms with Crippen LogP contribution in [0.25, 0.3) is 11.2 Å². The van der Waals surface area contributed by atoms with Crippen molar-refractivity contribution in [1.82, 2.24) is 19.4 Å². The van der Waals surface area contributed by atoms with Crippen molar-refractivity contribution in [2.45, 2.75) is 70.6 Å². The van der Waals surface area contributed by atoms with E-state index in [2.05, 4.69) is 21.8 Å². The predicted octanol–water partition coefficient (Wildman–Crippen LogP) is 3.86. The van der Waals surface area contributed by atoms with Crippen molar-refractivity contribution < 1.29 is 4.74 Å². The van der Waals surface area contributed by atoms with E-state index in [1.165, 1.54) is 25.7 Å². The van der Waals surface area contributed by atoms with Crippen LogP contribution < -0.4 is 5.69 Å². The van der Waals surface area contributed by atoms with E-state index < -0.39 is 0 Å². The van der Waals surface area contributed by atoms with E-state index in [1.54, 1.807) is 0 Å². The number of halogens is 2. The Kier molecular flexibility index (Phi) is 8.37. The van der Waals surface area contributed by atoms with Crippen LogP contribution in [-0.2, 0) is 4.74 Å². The Labute approximate surface area is 178 Å². The molecule has 0 unspecified atom stereocenters. The van der Waals surface area contributed by atoms with Gasteiger partial charge in [0.2, 0.25) is 0 Å². The summed E-state index contributed by atoms with van der Waals surface area (Å²) in [6.07, 6.45) is 7.36. The van der Waals surface area contributed by atoms with Crippen LogP contribution in [-0.4, -0.2) is 51.3 Å². The highest BCUT2D eigenvalue weighted by Gasteiger charge is 2.30. The number of nitrogens with one attached hydrogen (secondary N) is 1. The quantitative estimate of drug-likeness (QED) is 0.799. The molecule has 2 aromatic rings. The topological polar surface area (TPSA) is 63.1 Å². The minimum Gasteiger partial charge on any atom is -0.379 e. The minimum absolute atomic E-state index is 0. The lowest BCUT2D eigenvalue weighted by molar-refractivity contribution is 0.00795. The maximum atomic E-state index is 12.5. The van der Waals surface area contributed by atoms with E-state index >= 15 is 0 Å². The number of rotatable bonds is 4. The number of hydrogen-bond donors (Lipinski definition) is 1. The molecule has 1 saturated carbocycles. The lowest BCUT2D eigenvalue weighted by atomic mass is 9.90. The van der Waals surface area contributed by atoms with Gasteiger partial charge in [-0.05, 0) is 64.5 Å². The number of aromatic nitrogens is 3. The number of H-pyrrole nitrogens is 1. The Morgan fingerprint density at radius 2 is 1.75 bits per heavy atom. The molecule has 4 rings (SSSR count). The number of imidazole rings is 1. The SMILES string of the molecule is CCOC1CCC(N2CCC(n3c(=O)[nH]c4ccc(C)nc43)CC2)CC1.Cl.Cl. The monoisotopic (exact) mass is 430 g/mol. The summed E-state index contributed by atoms with van der Waals surface area (Å²) in [7, 11) is 0. The van der Waals surface area contributed by atoms with E-state index in [4.69, 9.17) is 4.74 Å². The largest absolute Gasteiger partial charge is 0.379 e. The number of nitrogens with zero attached hydrogens (tertiary/aromatic N) is 3. The summed E-state index contributed by atoms with van der Waals surface area (Å²) in [6, 6.07) is 4.85. The highest BCUT2D eigenvalue weighted by Crippen LogP contribution is 2.30. The Morgan fingerprint density at radius 1 is 1.07 bits per heavy atom. The Hall–Kier alpha value is -1.08. The van der Waals surface area contributed by atoms with Crippen molar-refractivity contribution >= 4 is 36.0 Å². The number of pyridine rings is 1. The van der Waals surface area contributed by atoms with Gasteiger partial charge < -0.3 is 14.6 Å². The molecular formula is C20H32Cl2N4O2. The van der Waals surface area contributed by atoms with Crippen molar-refractivity contribution in [3.63, 3.8) is 0 Å². The number of hydrogen-bond acceptors (Lipinski definition) is 4. The van der Waals surface area contributed by atoms with Crippen LogP contribution in [0.3, 0.4) is 0 Å². The molecule has 1 aliphatic carbocycles. The summed E-state index contributed by atoms with van der Waals surface area (Å²) >= 11 is 0. The van der Waals surface area contributed by atoms with Gasteiger partial charge in [0, 0.05) is 37.5 Å². The maximum Gasteiger partial charge on any atom is 0.327 e. The average molecular weight is 431 g/mol. The molecule has 2 aliphatic rings. The van der Waals surface area contributed by atoms with Crippen molar-refractivity contribution in [1.29, 1.82) is 0 Å². The zero-order valence-electron chi connectivity index (χ0n) is 16.7. The number of piperidine rings is 1. The summed E-state index contributed by atoms with van der Waals surface area (Å²) in [6.45, 7) is 7.02. The molecule has 1 N–H and O–H groups in total. The van der Waals surface area contributed by atoms with E-state index in [-0.39, 0.29) is 36.5 Å². The highest BCUT2D eigenvalue weighted by atomic mass is 35.5. The predicted molar refractivity (Wildman–Crippen MR) is 117 cm³/mol. The molecule has 0 atom stereocenters. The molecule has 1 saturated heterocycles. The smallest absolute Gasteiger partial charge is 0.327 e. The van der Waals surface area contributed by atoms with Crippen LogP contribution in [0, 0.1) is 6.92 Å². The summed E-state index contributed by atoms with van der Waals surface area (Å²) in [5, 5.41) is 0. The van der Waals surface area contributed by atoms with E-state index in [1.807, 2.05) is 23.6 Å². The van der Waals surface area contributed by atoms with Crippen molar-refractivity contribution in [2.75, 3.05) is 19.7 Å². The van der Waals surface area contributed by atoms with Gasteiger partial charge >= 0.3 is 5.69 Å². The van der Waals surface area contributed by atoms with Crippen molar-refractivity contribution in [2.24, 2.45) is 0 Å². The van der Waals surface area contributed by atoms with Gasteiger partial charge in [0.25, 0.3) is 0 Å². The molecule has 2 aromatic heterocycles. The minimum atomic E-state index is -0.0197. The van der Waals surface area contributed by atoms with Crippen LogP contribution in [0.15, 0.2) is 16.9 Å². The van der Waals surface area contributed by atoms with E-state index in [9.17, 15) is 4.79 Å². The molecule has 0 amide bonds. The lowest BCUT2D eigenvalue weighted by Gasteiger charge is -2.40. The number of aromatic amines is 1. The third-order valence-corrected chi connectivity index (χ3v) is 6.13. The third kappa shape index (κ3) is 4.73. The molecule has 0 radical (unpaired) electrons. The molecule has 3 heterocycles. The molecule has 0 spiro atoms. The van der Waals surface area contributed by atoms with Gasteiger partial charge in [-0.25, -0.2) is 9.78 Å². The van der Waals surface area contributed by atoms with Gasteiger partial charge in [0.1, 0.15) is 0 Å². The molecule has 8 heteroatoms. The molecule has 2 fully saturated rings. The van der Waals surface area contributed by atoms with Gasteiger partial charge in [0.05, 0.1) is 11.6 Å². The normalized spacial score (nSPS) is 23.9. The molecule has 6 nitrogen and oxygen atoms in total. The molecular weight excluding hydrogens is 399 g/mol. The fourth-order valence-electron chi connectivity index (χ4n) is 4.76. The Balaban J connectivity index is 0.00000140. The van der Waals surface area contributed by atoms with Crippen LogP contribution in [0.1, 0.15) is 57.2 Å². The molecule has 0 aromatic carbocycles. The second kappa shape index (κ2) is 10.1. The first-order valence-corrected chi connectivity index (χ1v) is 10.1. The fraction of sp³-hybridized carbons (Fsp3) is 0.700. The number of ether oxygens (including phenoxy) is 1. The van der Waals surface area contributed by atoms with E-state index in [0.717, 1.165) is 49.4 Å². The number of aryl methyl sites for hydroxylation is 1. The molecule has 158 valence electrons. The second-order valence-corrected chi connectivity index (χ2v) is 7.78. The highest BCUT2D eigenvalue weighted by molar-refractivity contribution is 5.85. The standard InChI is InChI=1S/C20H30N4O2.2ClH/c1-3-26-17-7-5-15(6-8-17)23-12-10-16(11-13-23)24-19-18(22-20(24)25)9-4-14(2)21-19;;/h4,9,15-17H,3,5-8,10-13H2,1-2H3,(H,22,25);2*1H. The van der Waals surface area contributed by atoms with Crippen LogP contribution in [0.2, 0.25) is 0 Å². The Morgan fingerprint density at radius 3 is 2.39 bits per heavy atom. The van der Waals surface area contributed by atoms with Gasteiger partial charge in [-0.2, -0.15) is 0 Å². The lowest BCUT2D eigenvalue weighted by Crippen LogP contribution is -2.45. The summed E-state index contributed by atoms with van der Waals surface area (Å²) in [4.78, 5) is 22.7. The fourth-order valence-corrected chi connectivity index (χ4v) is 4.76. The van der Waals surface area contributed by atoms with Crippen LogP contribution in [0.5, 0.6) is 0 Å². The maximum absolute atomic E-state index is 12.5. The average Bonchev–Trinajstić information content (AvgIpc) is 2.98. The summed E-state index contributed by atoms with van der Waals surface area (Å²) in [5.74, 6) is 0. The second-order valence-electron chi connectivity index (χ2n) is 7.78. The Bertz CT molecular complexity index is 806. The number of fused-ring (bicyclic) bond motifs is 1. The zero-order chi connectivity index (χ0) is 18.1. The molecule has 0 bridgehead atoms. The van der Waals surface area contributed by atoms with Gasteiger partial charge in [-0.1, -0.05) is 0 Å². The van der Waals surface area contributed by atoms with Gasteiger partial charge in [-0.15, -0.1) is 24.8 Å². The first kappa shape index (κ1) is 23.2. The zero-order valence-corrected chi connectivity index (χ0v) is 18.4. The first-order valence-electron chi connectivity index (χ1n) is 10.1. The van der Waals surface area contributed by atoms with Gasteiger partial charge in [-0.3, -0.25) is 4.57 Å². The summed E-state index contributed by atoms with van der Waals surface area (Å²) in [5.41, 5.74) is 2.59. The first-order chi connectivity index (χ1) is 12.7. The molecule has 1 aliphatic heterocycles. The van der Waals surface area contributed by atoms with Crippen molar-refractivity contribution in [3.05, 3.63) is 28.3 Å². The molecule has 28 heavy (non-hydrogen) atoms. The number of likely N-dealkylation sites (tertiary alicyclic amines) is 1. The van der Waals surface area contributed by atoms with E-state index in [0.29, 0.717) is 12.1 Å². The van der Waals surface area contributed by atoms with Gasteiger partial charge in [0.15, 0.2) is 5.65 Å². The van der Waals surface area contributed by atoms with Crippen LogP contribution >= 0.6 is 24.8 Å². The third-order valence-electron chi connectivity index (χ3n) is 6.13. The van der Waals surface area contributed by atoms with Crippen LogP contribution in [0.4, 0.5) is 0 Å². The van der Waals surface area contributed by atoms with Crippen molar-refractivity contribution in [3.8, 4) is 0 Å². The summed E-state index contributed by atoms with van der Waals surface area (Å²) < 4.78 is 7.68.